The standard InChI is InChI=1S/C11H16ClN3OS/c1-8-5-15(6-9(4-12)16-8)10-3-11(17-2)14-7-13-10/h3,7-9H,4-6H2,1-2H3. The molecular weight excluding hydrogens is 258 g/mol. The topological polar surface area (TPSA) is 38.2 Å². The number of nitrogens with zero attached hydrogens (tertiary/aromatic N) is 3. The van der Waals surface area contributed by atoms with Crippen LogP contribution in [-0.2, 0) is 4.74 Å². The maximum absolute atomic E-state index is 5.87. The number of hydrogen-bond donors (Lipinski definition) is 0. The van der Waals surface area contributed by atoms with Crippen molar-refractivity contribution in [3.05, 3.63) is 12.4 Å². The molecule has 4 nitrogen and oxygen atoms in total. The van der Waals surface area contributed by atoms with Crippen molar-refractivity contribution in [1.82, 2.24) is 9.97 Å². The quantitative estimate of drug-likeness (QED) is 0.479. The van der Waals surface area contributed by atoms with Gasteiger partial charge in [-0.05, 0) is 13.2 Å². The molecule has 1 fully saturated rings. The number of alkyl halides is 1. The third kappa shape index (κ3) is 3.24. The van der Waals surface area contributed by atoms with E-state index in [2.05, 4.69) is 21.8 Å². The predicted octanol–water partition coefficient (Wildman–Crippen LogP) is 2.03. The molecule has 0 spiro atoms. The Hall–Kier alpha value is -0.520. The second kappa shape index (κ2) is 5.89. The summed E-state index contributed by atoms with van der Waals surface area (Å²) in [6.45, 7) is 3.69. The van der Waals surface area contributed by atoms with Crippen LogP contribution in [-0.4, -0.2) is 47.4 Å². The highest BCUT2D eigenvalue weighted by Crippen LogP contribution is 2.21. The molecule has 2 unspecified atom stereocenters. The molecule has 0 radical (unpaired) electrons. The Balaban J connectivity index is 2.14. The molecule has 94 valence electrons. The molecule has 1 aromatic heterocycles. The van der Waals surface area contributed by atoms with Crippen LogP contribution in [0.5, 0.6) is 0 Å². The van der Waals surface area contributed by atoms with E-state index in [1.807, 2.05) is 12.3 Å². The number of rotatable bonds is 3. The maximum Gasteiger partial charge on any atom is 0.133 e. The van der Waals surface area contributed by atoms with Gasteiger partial charge < -0.3 is 9.64 Å². The fourth-order valence-electron chi connectivity index (χ4n) is 1.93. The third-order valence-corrected chi connectivity index (χ3v) is 3.64. The summed E-state index contributed by atoms with van der Waals surface area (Å²) in [7, 11) is 0. The monoisotopic (exact) mass is 273 g/mol. The molecule has 1 aliphatic heterocycles. The second-order valence-electron chi connectivity index (χ2n) is 4.05. The zero-order valence-electron chi connectivity index (χ0n) is 9.97. The van der Waals surface area contributed by atoms with Gasteiger partial charge in [-0.3, -0.25) is 0 Å². The van der Waals surface area contributed by atoms with E-state index < -0.39 is 0 Å². The molecule has 2 atom stereocenters. The number of aromatic nitrogens is 2. The maximum atomic E-state index is 5.87. The fourth-order valence-corrected chi connectivity index (χ4v) is 2.48. The van der Waals surface area contributed by atoms with Gasteiger partial charge in [0.25, 0.3) is 0 Å². The van der Waals surface area contributed by atoms with Crippen molar-refractivity contribution in [2.24, 2.45) is 0 Å². The van der Waals surface area contributed by atoms with Crippen LogP contribution in [0, 0.1) is 0 Å². The minimum absolute atomic E-state index is 0.0770. The summed E-state index contributed by atoms with van der Waals surface area (Å²) < 4.78 is 5.72. The van der Waals surface area contributed by atoms with Gasteiger partial charge in [0, 0.05) is 19.2 Å². The van der Waals surface area contributed by atoms with E-state index in [1.54, 1.807) is 18.1 Å². The van der Waals surface area contributed by atoms with Gasteiger partial charge in [-0.15, -0.1) is 23.4 Å². The Morgan fingerprint density at radius 1 is 1.53 bits per heavy atom. The number of anilines is 1. The summed E-state index contributed by atoms with van der Waals surface area (Å²) in [5.41, 5.74) is 0. The molecule has 0 aliphatic carbocycles. The fraction of sp³-hybridized carbons (Fsp3) is 0.636. The Kier molecular flexibility index (Phi) is 4.48. The molecule has 1 aromatic rings. The van der Waals surface area contributed by atoms with E-state index >= 15 is 0 Å². The molecule has 0 bridgehead atoms. The highest BCUT2D eigenvalue weighted by Gasteiger charge is 2.25. The van der Waals surface area contributed by atoms with E-state index in [0.29, 0.717) is 5.88 Å². The van der Waals surface area contributed by atoms with Crippen molar-refractivity contribution in [1.29, 1.82) is 0 Å². The Morgan fingerprint density at radius 3 is 3.06 bits per heavy atom. The van der Waals surface area contributed by atoms with E-state index in [-0.39, 0.29) is 12.2 Å². The third-order valence-electron chi connectivity index (χ3n) is 2.66. The molecule has 0 aromatic carbocycles. The number of thioether (sulfide) groups is 1. The Labute approximate surface area is 111 Å². The zero-order chi connectivity index (χ0) is 12.3. The number of hydrogen-bond acceptors (Lipinski definition) is 5. The molecular formula is C11H16ClN3OS. The van der Waals surface area contributed by atoms with Gasteiger partial charge in [-0.2, -0.15) is 0 Å². The van der Waals surface area contributed by atoms with Crippen molar-refractivity contribution < 1.29 is 4.74 Å². The normalized spacial score (nSPS) is 25.0. The molecule has 0 saturated carbocycles. The van der Waals surface area contributed by atoms with Gasteiger partial charge in [-0.1, -0.05) is 0 Å². The van der Waals surface area contributed by atoms with Crippen LogP contribution in [0.3, 0.4) is 0 Å². The first-order valence-electron chi connectivity index (χ1n) is 5.55. The minimum Gasteiger partial charge on any atom is -0.370 e. The van der Waals surface area contributed by atoms with Crippen LogP contribution in [0.1, 0.15) is 6.92 Å². The summed E-state index contributed by atoms with van der Waals surface area (Å²) in [6, 6.07) is 2.01. The van der Waals surface area contributed by atoms with E-state index in [0.717, 1.165) is 23.9 Å². The van der Waals surface area contributed by atoms with Crippen molar-refractivity contribution in [2.45, 2.75) is 24.2 Å². The minimum atomic E-state index is 0.0770. The first-order chi connectivity index (χ1) is 8.22. The molecule has 17 heavy (non-hydrogen) atoms. The van der Waals surface area contributed by atoms with Gasteiger partial charge in [-0.25, -0.2) is 9.97 Å². The zero-order valence-corrected chi connectivity index (χ0v) is 11.5. The van der Waals surface area contributed by atoms with Gasteiger partial charge in [0.1, 0.15) is 17.2 Å². The van der Waals surface area contributed by atoms with Crippen molar-refractivity contribution in [3.63, 3.8) is 0 Å². The summed E-state index contributed by atoms with van der Waals surface area (Å²) >= 11 is 7.49. The molecule has 2 heterocycles. The van der Waals surface area contributed by atoms with E-state index in [9.17, 15) is 0 Å². The summed E-state index contributed by atoms with van der Waals surface area (Å²) in [5.74, 6) is 1.47. The largest absolute Gasteiger partial charge is 0.370 e. The average molecular weight is 274 g/mol. The van der Waals surface area contributed by atoms with Crippen molar-refractivity contribution >= 4 is 29.2 Å². The highest BCUT2D eigenvalue weighted by atomic mass is 35.5. The van der Waals surface area contributed by atoms with Crippen LogP contribution in [0.15, 0.2) is 17.4 Å². The first-order valence-corrected chi connectivity index (χ1v) is 7.31. The first kappa shape index (κ1) is 12.9. The lowest BCUT2D eigenvalue weighted by molar-refractivity contribution is -0.00359. The molecule has 2 rings (SSSR count). The molecule has 0 amide bonds. The SMILES string of the molecule is CSc1cc(N2CC(C)OC(CCl)C2)ncn1. The Morgan fingerprint density at radius 2 is 2.35 bits per heavy atom. The van der Waals surface area contributed by atoms with Crippen molar-refractivity contribution in [3.8, 4) is 0 Å². The molecule has 6 heteroatoms. The van der Waals surface area contributed by atoms with Crippen LogP contribution >= 0.6 is 23.4 Å². The van der Waals surface area contributed by atoms with Crippen LogP contribution < -0.4 is 4.90 Å². The molecule has 1 aliphatic rings. The average Bonchev–Trinajstić information content (AvgIpc) is 2.38. The van der Waals surface area contributed by atoms with E-state index in [4.69, 9.17) is 16.3 Å². The van der Waals surface area contributed by atoms with Gasteiger partial charge in [0.05, 0.1) is 18.1 Å². The molecule has 1 saturated heterocycles. The summed E-state index contributed by atoms with van der Waals surface area (Å²) in [4.78, 5) is 10.7. The van der Waals surface area contributed by atoms with Gasteiger partial charge in [0.15, 0.2) is 0 Å². The number of ether oxygens (including phenoxy) is 1. The second-order valence-corrected chi connectivity index (χ2v) is 5.18. The molecule has 0 N–H and O–H groups in total. The van der Waals surface area contributed by atoms with Crippen LogP contribution in [0.2, 0.25) is 0 Å². The summed E-state index contributed by atoms with van der Waals surface area (Å²) in [5, 5.41) is 0.983. The van der Waals surface area contributed by atoms with Crippen LogP contribution in [0.4, 0.5) is 5.82 Å². The van der Waals surface area contributed by atoms with Crippen molar-refractivity contribution in [2.75, 3.05) is 30.1 Å². The predicted molar refractivity (Wildman–Crippen MR) is 71.1 cm³/mol. The van der Waals surface area contributed by atoms with Crippen LogP contribution in [0.25, 0.3) is 0 Å². The lowest BCUT2D eigenvalue weighted by Crippen LogP contribution is -2.47. The highest BCUT2D eigenvalue weighted by molar-refractivity contribution is 7.98. The smallest absolute Gasteiger partial charge is 0.133 e. The lowest BCUT2D eigenvalue weighted by atomic mass is 10.2. The Bertz CT molecular complexity index is 379. The summed E-state index contributed by atoms with van der Waals surface area (Å²) in [6.07, 6.45) is 3.88. The number of morpholine rings is 1. The number of halogens is 1. The van der Waals surface area contributed by atoms with E-state index in [1.165, 1.54) is 0 Å². The van der Waals surface area contributed by atoms with Gasteiger partial charge in [0.2, 0.25) is 0 Å². The van der Waals surface area contributed by atoms with Gasteiger partial charge >= 0.3 is 0 Å². The lowest BCUT2D eigenvalue weighted by Gasteiger charge is -2.36.